The molecule has 0 saturated carbocycles. The molecule has 8 heteroatoms. The summed E-state index contributed by atoms with van der Waals surface area (Å²) in [6.45, 7) is 3.61. The Morgan fingerprint density at radius 1 is 1.11 bits per heavy atom. The summed E-state index contributed by atoms with van der Waals surface area (Å²) in [5.74, 6) is 0.997. The van der Waals surface area contributed by atoms with E-state index in [-0.39, 0.29) is 23.5 Å². The van der Waals surface area contributed by atoms with Crippen LogP contribution >= 0.6 is 11.6 Å². The number of para-hydroxylation sites is 1. The van der Waals surface area contributed by atoms with Crippen LogP contribution < -0.4 is 14.8 Å². The predicted molar refractivity (Wildman–Crippen MR) is 99.8 cm³/mol. The molecule has 6 nitrogen and oxygen atoms in total. The fourth-order valence-electron chi connectivity index (χ4n) is 3.21. The highest BCUT2D eigenvalue weighted by molar-refractivity contribution is 6.33. The average molecular weight is 392 g/mol. The number of rotatable bonds is 3. The van der Waals surface area contributed by atoms with Crippen molar-refractivity contribution >= 4 is 23.3 Å². The van der Waals surface area contributed by atoms with Crippen molar-refractivity contribution < 1.29 is 18.7 Å². The molecule has 142 valence electrons. The first-order chi connectivity index (χ1) is 13.1. The van der Waals surface area contributed by atoms with Crippen molar-refractivity contribution in [3.05, 3.63) is 52.8 Å². The van der Waals surface area contributed by atoms with Gasteiger partial charge in [0.05, 0.1) is 10.7 Å². The van der Waals surface area contributed by atoms with Crippen LogP contribution in [0.5, 0.6) is 11.5 Å². The molecule has 0 aromatic heterocycles. The Morgan fingerprint density at radius 3 is 2.67 bits per heavy atom. The van der Waals surface area contributed by atoms with E-state index in [0.29, 0.717) is 13.1 Å². The smallest absolute Gasteiger partial charge is 0.322 e. The van der Waals surface area contributed by atoms with Gasteiger partial charge in [-0.15, -0.1) is 0 Å². The predicted octanol–water partition coefficient (Wildman–Crippen LogP) is 3.56. The summed E-state index contributed by atoms with van der Waals surface area (Å²) in [5.41, 5.74) is 1.15. The molecular formula is C19H19ClFN3O3. The number of nitrogens with zero attached hydrogens (tertiary/aromatic N) is 2. The van der Waals surface area contributed by atoms with Crippen LogP contribution in [0.15, 0.2) is 36.4 Å². The van der Waals surface area contributed by atoms with Gasteiger partial charge in [0, 0.05) is 32.7 Å². The molecule has 2 aromatic rings. The van der Waals surface area contributed by atoms with Gasteiger partial charge in [0.25, 0.3) is 0 Å². The molecule has 0 aliphatic carbocycles. The van der Waals surface area contributed by atoms with Gasteiger partial charge >= 0.3 is 6.03 Å². The molecule has 1 fully saturated rings. The van der Waals surface area contributed by atoms with Crippen LogP contribution in [0.1, 0.15) is 5.56 Å². The van der Waals surface area contributed by atoms with E-state index in [1.807, 2.05) is 18.2 Å². The molecule has 2 heterocycles. The summed E-state index contributed by atoms with van der Waals surface area (Å²) in [6.07, 6.45) is 0. The fraction of sp³-hybridized carbons (Fsp3) is 0.316. The lowest BCUT2D eigenvalue weighted by atomic mass is 10.1. The Bertz CT molecular complexity index is 836. The first kappa shape index (κ1) is 17.9. The topological polar surface area (TPSA) is 54.0 Å². The summed E-state index contributed by atoms with van der Waals surface area (Å²) in [6, 6.07) is 9.90. The summed E-state index contributed by atoms with van der Waals surface area (Å²) in [7, 11) is 0. The summed E-state index contributed by atoms with van der Waals surface area (Å²) < 4.78 is 24.6. The number of piperazine rings is 1. The first-order valence-electron chi connectivity index (χ1n) is 8.71. The summed E-state index contributed by atoms with van der Waals surface area (Å²) in [5, 5.41) is 2.76. The molecule has 0 bridgehead atoms. The van der Waals surface area contributed by atoms with Gasteiger partial charge in [0.1, 0.15) is 5.82 Å². The Morgan fingerprint density at radius 2 is 1.89 bits per heavy atom. The molecule has 2 aromatic carbocycles. The standard InChI is InChI=1S/C19H19ClFN3O3/c20-14-2-1-3-15(21)18(14)22-19(25)24-8-6-23(7-9-24)11-13-4-5-16-17(10-13)27-12-26-16/h1-5,10H,6-9,11-12H2,(H,22,25). The van der Waals surface area contributed by atoms with Gasteiger partial charge in [0.15, 0.2) is 11.5 Å². The minimum Gasteiger partial charge on any atom is -0.454 e. The van der Waals surface area contributed by atoms with Gasteiger partial charge in [-0.05, 0) is 29.8 Å². The molecule has 0 atom stereocenters. The number of hydrogen-bond acceptors (Lipinski definition) is 4. The second-order valence-corrected chi connectivity index (χ2v) is 6.88. The molecule has 27 heavy (non-hydrogen) atoms. The van der Waals surface area contributed by atoms with Crippen LogP contribution in [0.4, 0.5) is 14.9 Å². The molecule has 0 unspecified atom stereocenters. The molecule has 0 spiro atoms. The Kier molecular flexibility index (Phi) is 5.05. The lowest BCUT2D eigenvalue weighted by Crippen LogP contribution is -2.49. The third-order valence-electron chi connectivity index (χ3n) is 4.70. The normalized spacial score (nSPS) is 16.4. The molecule has 4 rings (SSSR count). The van der Waals surface area contributed by atoms with Crippen molar-refractivity contribution in [3.8, 4) is 11.5 Å². The summed E-state index contributed by atoms with van der Waals surface area (Å²) in [4.78, 5) is 16.3. The minimum absolute atomic E-state index is 0.0203. The van der Waals surface area contributed by atoms with Gasteiger partial charge in [-0.1, -0.05) is 23.7 Å². The van der Waals surface area contributed by atoms with E-state index >= 15 is 0 Å². The van der Waals surface area contributed by atoms with Crippen LogP contribution in [-0.4, -0.2) is 48.8 Å². The number of hydrogen-bond donors (Lipinski definition) is 1. The van der Waals surface area contributed by atoms with Crippen LogP contribution in [0, 0.1) is 5.82 Å². The largest absolute Gasteiger partial charge is 0.454 e. The highest BCUT2D eigenvalue weighted by Crippen LogP contribution is 2.33. The van der Waals surface area contributed by atoms with Crippen molar-refractivity contribution in [1.82, 2.24) is 9.80 Å². The van der Waals surface area contributed by atoms with E-state index in [2.05, 4.69) is 10.2 Å². The second-order valence-electron chi connectivity index (χ2n) is 6.48. The van der Waals surface area contributed by atoms with Gasteiger partial charge in [-0.25, -0.2) is 9.18 Å². The van der Waals surface area contributed by atoms with Crippen molar-refractivity contribution in [3.63, 3.8) is 0 Å². The number of amides is 2. The minimum atomic E-state index is -0.544. The Balaban J connectivity index is 1.31. The number of carbonyl (C=O) groups is 1. The zero-order chi connectivity index (χ0) is 18.8. The maximum atomic E-state index is 13.8. The van der Waals surface area contributed by atoms with Crippen molar-refractivity contribution in [2.24, 2.45) is 0 Å². The highest BCUT2D eigenvalue weighted by atomic mass is 35.5. The molecule has 0 radical (unpaired) electrons. The zero-order valence-corrected chi connectivity index (χ0v) is 15.3. The molecule has 2 amide bonds. The monoisotopic (exact) mass is 391 g/mol. The summed E-state index contributed by atoms with van der Waals surface area (Å²) >= 11 is 5.97. The third-order valence-corrected chi connectivity index (χ3v) is 5.01. The van der Waals surface area contributed by atoms with Crippen LogP contribution in [0.3, 0.4) is 0 Å². The SMILES string of the molecule is O=C(Nc1c(F)cccc1Cl)N1CCN(Cc2ccc3c(c2)OCO3)CC1. The van der Waals surface area contributed by atoms with E-state index in [9.17, 15) is 9.18 Å². The first-order valence-corrected chi connectivity index (χ1v) is 9.09. The van der Waals surface area contributed by atoms with E-state index in [1.54, 1.807) is 11.0 Å². The lowest BCUT2D eigenvalue weighted by Gasteiger charge is -2.34. The molecular weight excluding hydrogens is 373 g/mol. The highest BCUT2D eigenvalue weighted by Gasteiger charge is 2.23. The fourth-order valence-corrected chi connectivity index (χ4v) is 3.42. The van der Waals surface area contributed by atoms with Crippen molar-refractivity contribution in [2.45, 2.75) is 6.54 Å². The Hall–Kier alpha value is -2.51. The lowest BCUT2D eigenvalue weighted by molar-refractivity contribution is 0.143. The molecule has 1 N–H and O–H groups in total. The number of halogens is 2. The maximum absolute atomic E-state index is 13.8. The van der Waals surface area contributed by atoms with E-state index in [0.717, 1.165) is 36.7 Å². The molecule has 1 saturated heterocycles. The van der Waals surface area contributed by atoms with Gasteiger partial charge in [-0.2, -0.15) is 0 Å². The van der Waals surface area contributed by atoms with Crippen molar-refractivity contribution in [2.75, 3.05) is 38.3 Å². The number of fused-ring (bicyclic) bond motifs is 1. The number of ether oxygens (including phenoxy) is 2. The number of carbonyl (C=O) groups excluding carboxylic acids is 1. The van der Waals surface area contributed by atoms with Crippen molar-refractivity contribution in [1.29, 1.82) is 0 Å². The number of anilines is 1. The van der Waals surface area contributed by atoms with Gasteiger partial charge in [0.2, 0.25) is 6.79 Å². The zero-order valence-electron chi connectivity index (χ0n) is 14.6. The quantitative estimate of drug-likeness (QED) is 0.869. The molecule has 2 aliphatic rings. The van der Waals surface area contributed by atoms with Crippen LogP contribution in [0.25, 0.3) is 0 Å². The Labute approximate surface area is 161 Å². The van der Waals surface area contributed by atoms with Gasteiger partial charge < -0.3 is 19.7 Å². The average Bonchev–Trinajstić information content (AvgIpc) is 3.13. The maximum Gasteiger partial charge on any atom is 0.322 e. The number of benzene rings is 2. The number of nitrogens with one attached hydrogen (secondary N) is 1. The van der Waals surface area contributed by atoms with E-state index in [1.165, 1.54) is 12.1 Å². The van der Waals surface area contributed by atoms with Gasteiger partial charge in [-0.3, -0.25) is 4.90 Å². The second kappa shape index (κ2) is 7.62. The van der Waals surface area contributed by atoms with Crippen LogP contribution in [0.2, 0.25) is 5.02 Å². The third kappa shape index (κ3) is 3.94. The van der Waals surface area contributed by atoms with Crippen LogP contribution in [-0.2, 0) is 6.54 Å². The molecule has 2 aliphatic heterocycles. The van der Waals surface area contributed by atoms with E-state index in [4.69, 9.17) is 21.1 Å². The van der Waals surface area contributed by atoms with E-state index < -0.39 is 5.82 Å². The number of urea groups is 1.